The monoisotopic (exact) mass is 342 g/mol. The lowest BCUT2D eigenvalue weighted by Gasteiger charge is -2.27. The first kappa shape index (κ1) is 15.9. The number of hydrogen-bond donors (Lipinski definition) is 2. The van der Waals surface area contributed by atoms with Crippen LogP contribution in [0.1, 0.15) is 30.4 Å². The fourth-order valence-corrected chi connectivity index (χ4v) is 5.30. The fraction of sp³-hybridized carbons (Fsp3) is 0.450. The topological polar surface area (TPSA) is 55.1 Å². The Bertz CT molecular complexity index is 806. The van der Waals surface area contributed by atoms with E-state index in [1.165, 1.54) is 34.7 Å². The summed E-state index contributed by atoms with van der Waals surface area (Å²) in [4.78, 5) is 12.9. The van der Waals surface area contributed by atoms with Crippen LogP contribution in [0.5, 0.6) is 0 Å². The van der Waals surface area contributed by atoms with E-state index in [2.05, 4.69) is 35.6 Å². The van der Waals surface area contributed by atoms with Gasteiger partial charge in [0.1, 0.15) is 0 Å². The molecule has 0 saturated heterocycles. The number of anilines is 1. The molecule has 0 aliphatic heterocycles. The molecule has 2 aromatic carbocycles. The van der Waals surface area contributed by atoms with E-state index >= 15 is 0 Å². The van der Waals surface area contributed by atoms with Gasteiger partial charge in [-0.3, -0.25) is 4.79 Å². The van der Waals surface area contributed by atoms with Gasteiger partial charge in [-0.05, 0) is 66.5 Å². The first-order valence-electron chi connectivity index (χ1n) is 8.82. The summed E-state index contributed by atoms with van der Waals surface area (Å²) in [6.45, 7) is 0. The van der Waals surface area contributed by atoms with E-state index in [0.717, 1.165) is 24.9 Å². The molecule has 2 aromatic rings. The Morgan fingerprint density at radius 1 is 1.04 bits per heavy atom. The highest BCUT2D eigenvalue weighted by atomic mass is 35.5. The number of rotatable bonds is 2. The Kier molecular flexibility index (Phi) is 3.81. The lowest BCUT2D eigenvalue weighted by Crippen LogP contribution is -2.42. The summed E-state index contributed by atoms with van der Waals surface area (Å²) in [6, 6.07) is 10.7. The molecule has 126 valence electrons. The van der Waals surface area contributed by atoms with Crippen molar-refractivity contribution in [2.24, 2.45) is 23.5 Å². The third-order valence-corrected chi connectivity index (χ3v) is 6.42. The molecule has 0 aromatic heterocycles. The number of aryl methyl sites for hydroxylation is 2. The molecule has 1 amide bonds. The average Bonchev–Trinajstić information content (AvgIpc) is 3.25. The molecule has 3 N–H and O–H groups in total. The molecule has 4 heteroatoms. The number of nitrogens with one attached hydrogen (secondary N) is 1. The maximum atomic E-state index is 12.9. The smallest absolute Gasteiger partial charge is 0.229 e. The van der Waals surface area contributed by atoms with Crippen molar-refractivity contribution in [3.05, 3.63) is 41.5 Å². The number of fused-ring (bicyclic) bond motifs is 2. The van der Waals surface area contributed by atoms with Crippen LogP contribution in [-0.4, -0.2) is 11.9 Å². The maximum Gasteiger partial charge on any atom is 0.229 e. The third kappa shape index (κ3) is 2.18. The first-order chi connectivity index (χ1) is 11.2. The number of amides is 1. The van der Waals surface area contributed by atoms with Gasteiger partial charge in [-0.2, -0.15) is 0 Å². The van der Waals surface area contributed by atoms with Gasteiger partial charge in [-0.25, -0.2) is 0 Å². The van der Waals surface area contributed by atoms with Crippen molar-refractivity contribution in [1.82, 2.24) is 0 Å². The van der Waals surface area contributed by atoms with Crippen LogP contribution in [-0.2, 0) is 17.6 Å². The van der Waals surface area contributed by atoms with Gasteiger partial charge < -0.3 is 11.1 Å². The molecule has 0 heterocycles. The van der Waals surface area contributed by atoms with Crippen molar-refractivity contribution < 1.29 is 4.79 Å². The highest BCUT2D eigenvalue weighted by molar-refractivity contribution is 6.05. The molecule has 3 aliphatic carbocycles. The van der Waals surface area contributed by atoms with Crippen LogP contribution in [0, 0.1) is 17.8 Å². The average molecular weight is 343 g/mol. The minimum atomic E-state index is -0.00297. The van der Waals surface area contributed by atoms with E-state index in [0.29, 0.717) is 11.8 Å². The van der Waals surface area contributed by atoms with Crippen LogP contribution < -0.4 is 11.1 Å². The summed E-state index contributed by atoms with van der Waals surface area (Å²) < 4.78 is 0. The minimum absolute atomic E-state index is 0. The van der Waals surface area contributed by atoms with Crippen molar-refractivity contribution in [2.45, 2.75) is 38.1 Å². The Hall–Kier alpha value is -1.58. The highest BCUT2D eigenvalue weighted by Gasteiger charge is 2.49. The number of carbonyl (C=O) groups is 1. The standard InChI is InChI=1S/C20H22N2O.ClH/c21-19-14-7-6-13(10-14)18(19)20(23)22-16-9-8-12-5-4-11-2-1-3-15(16)17(11)12;/h1-3,8-9,13-14,18-19H,4-7,10,21H2,(H,22,23);1H. The summed E-state index contributed by atoms with van der Waals surface area (Å²) in [5.74, 6) is 1.18. The summed E-state index contributed by atoms with van der Waals surface area (Å²) >= 11 is 0. The molecule has 4 atom stereocenters. The second-order valence-electron chi connectivity index (χ2n) is 7.54. The van der Waals surface area contributed by atoms with Gasteiger partial charge in [0.25, 0.3) is 0 Å². The third-order valence-electron chi connectivity index (χ3n) is 6.42. The second kappa shape index (κ2) is 5.75. The molecule has 3 nitrogen and oxygen atoms in total. The van der Waals surface area contributed by atoms with Crippen LogP contribution >= 0.6 is 12.4 Å². The van der Waals surface area contributed by atoms with E-state index in [1.807, 2.05) is 0 Å². The lowest BCUT2D eigenvalue weighted by molar-refractivity contribution is -0.121. The number of nitrogens with two attached hydrogens (primary N) is 1. The summed E-state index contributed by atoms with van der Waals surface area (Å²) in [5, 5.41) is 5.74. The molecular formula is C20H23ClN2O. The molecular weight excluding hydrogens is 320 g/mol. The Morgan fingerprint density at radius 2 is 1.79 bits per heavy atom. The van der Waals surface area contributed by atoms with Crippen LogP contribution in [0.25, 0.3) is 10.8 Å². The first-order valence-corrected chi connectivity index (χ1v) is 8.82. The van der Waals surface area contributed by atoms with Gasteiger partial charge in [0.05, 0.1) is 5.92 Å². The summed E-state index contributed by atoms with van der Waals surface area (Å²) in [7, 11) is 0. The number of carbonyl (C=O) groups excluding carboxylic acids is 1. The predicted octanol–water partition coefficient (Wildman–Crippen LogP) is 3.67. The van der Waals surface area contributed by atoms with E-state index in [-0.39, 0.29) is 30.3 Å². The SMILES string of the molecule is Cl.NC1C2CCC(C2)C1C(=O)Nc1ccc2c3c(cccc13)CC2. The second-order valence-corrected chi connectivity index (χ2v) is 7.54. The molecule has 4 unspecified atom stereocenters. The Labute approximate surface area is 148 Å². The quantitative estimate of drug-likeness (QED) is 0.874. The van der Waals surface area contributed by atoms with Crippen LogP contribution in [0.3, 0.4) is 0 Å². The molecule has 0 radical (unpaired) electrons. The van der Waals surface area contributed by atoms with Crippen molar-refractivity contribution in [2.75, 3.05) is 5.32 Å². The largest absolute Gasteiger partial charge is 0.327 e. The lowest BCUT2D eigenvalue weighted by atomic mass is 9.84. The summed E-state index contributed by atoms with van der Waals surface area (Å²) in [6.07, 6.45) is 5.74. The van der Waals surface area contributed by atoms with E-state index in [1.54, 1.807) is 0 Å². The van der Waals surface area contributed by atoms with E-state index < -0.39 is 0 Å². The number of hydrogen-bond acceptors (Lipinski definition) is 2. The molecule has 2 saturated carbocycles. The number of halogens is 1. The zero-order valence-electron chi connectivity index (χ0n) is 13.6. The molecule has 2 fully saturated rings. The van der Waals surface area contributed by atoms with Gasteiger partial charge in [0, 0.05) is 17.1 Å². The predicted molar refractivity (Wildman–Crippen MR) is 99.5 cm³/mol. The minimum Gasteiger partial charge on any atom is -0.327 e. The van der Waals surface area contributed by atoms with Crippen molar-refractivity contribution in [3.8, 4) is 0 Å². The molecule has 2 bridgehead atoms. The van der Waals surface area contributed by atoms with Crippen molar-refractivity contribution in [1.29, 1.82) is 0 Å². The summed E-state index contributed by atoms with van der Waals surface area (Å²) in [5.41, 5.74) is 10.1. The van der Waals surface area contributed by atoms with Crippen molar-refractivity contribution in [3.63, 3.8) is 0 Å². The zero-order valence-corrected chi connectivity index (χ0v) is 14.4. The van der Waals surface area contributed by atoms with Crippen molar-refractivity contribution >= 4 is 34.8 Å². The van der Waals surface area contributed by atoms with Crippen LogP contribution in [0.2, 0.25) is 0 Å². The highest BCUT2D eigenvalue weighted by Crippen LogP contribution is 2.48. The molecule has 3 aliphatic rings. The van der Waals surface area contributed by atoms with Crippen LogP contribution in [0.15, 0.2) is 30.3 Å². The Balaban J connectivity index is 0.00000146. The van der Waals surface area contributed by atoms with Gasteiger partial charge >= 0.3 is 0 Å². The zero-order chi connectivity index (χ0) is 15.6. The Morgan fingerprint density at radius 3 is 2.54 bits per heavy atom. The van der Waals surface area contributed by atoms with Gasteiger partial charge in [0.2, 0.25) is 5.91 Å². The molecule has 5 rings (SSSR count). The van der Waals surface area contributed by atoms with E-state index in [9.17, 15) is 4.79 Å². The number of benzene rings is 2. The van der Waals surface area contributed by atoms with Crippen LogP contribution in [0.4, 0.5) is 5.69 Å². The maximum absolute atomic E-state index is 12.9. The van der Waals surface area contributed by atoms with E-state index in [4.69, 9.17) is 5.73 Å². The molecule has 24 heavy (non-hydrogen) atoms. The van der Waals surface area contributed by atoms with Gasteiger partial charge in [0.15, 0.2) is 0 Å². The van der Waals surface area contributed by atoms with Gasteiger partial charge in [-0.15, -0.1) is 12.4 Å². The normalized spacial score (nSPS) is 29.7. The van der Waals surface area contributed by atoms with Gasteiger partial charge in [-0.1, -0.05) is 24.3 Å². The molecule has 0 spiro atoms. The fourth-order valence-electron chi connectivity index (χ4n) is 5.30.